The van der Waals surface area contributed by atoms with E-state index in [1.807, 2.05) is 29.9 Å². The van der Waals surface area contributed by atoms with Crippen molar-refractivity contribution in [1.82, 2.24) is 14.8 Å². The molecule has 176 valence electrons. The fraction of sp³-hybridized carbons (Fsp3) is 0.269. The zero-order valence-electron chi connectivity index (χ0n) is 19.4. The molecular formula is C26H29N5O3. The number of nitrogens with zero attached hydrogens (tertiary/aromatic N) is 2. The SMILES string of the molecule is CC(=O)Nc1ccc(NC(=O)C(=O)NCC(c2cccn2C)N2CCc3ccccc3C2)cc1. The number of aromatic nitrogens is 1. The third-order valence-corrected chi connectivity index (χ3v) is 6.05. The van der Waals surface area contributed by atoms with Gasteiger partial charge in [-0.05, 0) is 53.9 Å². The second-order valence-corrected chi connectivity index (χ2v) is 8.47. The molecule has 3 N–H and O–H groups in total. The first-order chi connectivity index (χ1) is 16.4. The topological polar surface area (TPSA) is 95.5 Å². The van der Waals surface area contributed by atoms with E-state index in [-0.39, 0.29) is 11.9 Å². The Morgan fingerprint density at radius 3 is 2.21 bits per heavy atom. The van der Waals surface area contributed by atoms with Gasteiger partial charge in [-0.25, -0.2) is 0 Å². The molecule has 2 aromatic carbocycles. The van der Waals surface area contributed by atoms with Crippen molar-refractivity contribution >= 4 is 29.1 Å². The van der Waals surface area contributed by atoms with Crippen LogP contribution in [0.25, 0.3) is 0 Å². The molecule has 0 saturated heterocycles. The average molecular weight is 460 g/mol. The van der Waals surface area contributed by atoms with E-state index in [1.165, 1.54) is 18.1 Å². The van der Waals surface area contributed by atoms with Crippen LogP contribution in [0.1, 0.15) is 29.8 Å². The first kappa shape index (κ1) is 23.3. The van der Waals surface area contributed by atoms with E-state index in [0.717, 1.165) is 25.2 Å². The Hall–Kier alpha value is -3.91. The number of hydrogen-bond donors (Lipinski definition) is 3. The Kier molecular flexibility index (Phi) is 7.08. The first-order valence-corrected chi connectivity index (χ1v) is 11.3. The molecule has 0 bridgehead atoms. The van der Waals surface area contributed by atoms with Crippen LogP contribution in [-0.4, -0.2) is 40.3 Å². The minimum atomic E-state index is -0.734. The molecule has 34 heavy (non-hydrogen) atoms. The second kappa shape index (κ2) is 10.4. The van der Waals surface area contributed by atoms with Crippen LogP contribution < -0.4 is 16.0 Å². The summed E-state index contributed by atoms with van der Waals surface area (Å²) in [6.45, 7) is 3.39. The van der Waals surface area contributed by atoms with Crippen LogP contribution in [0.15, 0.2) is 66.9 Å². The minimum absolute atomic E-state index is 0.0676. The molecule has 0 fully saturated rings. The maximum Gasteiger partial charge on any atom is 0.313 e. The van der Waals surface area contributed by atoms with Gasteiger partial charge in [0.15, 0.2) is 0 Å². The van der Waals surface area contributed by atoms with Crippen LogP contribution in [0, 0.1) is 0 Å². The summed E-state index contributed by atoms with van der Waals surface area (Å²) < 4.78 is 2.05. The Morgan fingerprint density at radius 2 is 1.56 bits per heavy atom. The molecule has 0 aliphatic carbocycles. The van der Waals surface area contributed by atoms with Crippen molar-refractivity contribution in [3.63, 3.8) is 0 Å². The highest BCUT2D eigenvalue weighted by atomic mass is 16.2. The molecule has 0 saturated carbocycles. The summed E-state index contributed by atoms with van der Waals surface area (Å²) in [5.41, 5.74) is 4.81. The van der Waals surface area contributed by atoms with E-state index in [1.54, 1.807) is 24.3 Å². The molecule has 1 aliphatic heterocycles. The summed E-state index contributed by atoms with van der Waals surface area (Å²) >= 11 is 0. The zero-order chi connectivity index (χ0) is 24.1. The van der Waals surface area contributed by atoms with Gasteiger partial charge in [-0.15, -0.1) is 0 Å². The number of amides is 3. The Balaban J connectivity index is 1.40. The third-order valence-electron chi connectivity index (χ3n) is 6.05. The lowest BCUT2D eigenvalue weighted by molar-refractivity contribution is -0.136. The number of hydrogen-bond acceptors (Lipinski definition) is 4. The Labute approximate surface area is 199 Å². The van der Waals surface area contributed by atoms with Crippen LogP contribution >= 0.6 is 0 Å². The van der Waals surface area contributed by atoms with E-state index in [9.17, 15) is 14.4 Å². The molecule has 8 heteroatoms. The van der Waals surface area contributed by atoms with Gasteiger partial charge in [-0.1, -0.05) is 24.3 Å². The molecule has 3 aromatic rings. The van der Waals surface area contributed by atoms with Crippen molar-refractivity contribution < 1.29 is 14.4 Å². The lowest BCUT2D eigenvalue weighted by atomic mass is 9.98. The quantitative estimate of drug-likeness (QED) is 0.494. The van der Waals surface area contributed by atoms with Crippen molar-refractivity contribution in [3.05, 3.63) is 83.7 Å². The maximum absolute atomic E-state index is 12.6. The lowest BCUT2D eigenvalue weighted by Crippen LogP contribution is -2.44. The number of carbonyl (C=O) groups excluding carboxylic acids is 3. The number of benzene rings is 2. The summed E-state index contributed by atoms with van der Waals surface area (Å²) in [5.74, 6) is -1.61. The number of carbonyl (C=O) groups is 3. The van der Waals surface area contributed by atoms with Crippen LogP contribution in [-0.2, 0) is 34.4 Å². The Bertz CT molecular complexity index is 1190. The van der Waals surface area contributed by atoms with E-state index in [0.29, 0.717) is 17.9 Å². The van der Waals surface area contributed by atoms with Crippen LogP contribution in [0.4, 0.5) is 11.4 Å². The monoisotopic (exact) mass is 459 g/mol. The molecule has 1 atom stereocenters. The van der Waals surface area contributed by atoms with Crippen molar-refractivity contribution in [2.24, 2.45) is 7.05 Å². The predicted octanol–water partition coefficient (Wildman–Crippen LogP) is 2.84. The standard InChI is InChI=1S/C26H29N5O3/c1-18(32)28-21-9-11-22(12-10-21)29-26(34)25(33)27-16-24(23-8-5-14-30(23)2)31-15-13-19-6-3-4-7-20(19)17-31/h3-12,14,24H,13,15-17H2,1-2H3,(H,27,33)(H,28,32)(H,29,34). The first-order valence-electron chi connectivity index (χ1n) is 11.3. The van der Waals surface area contributed by atoms with E-state index in [2.05, 4.69) is 45.1 Å². The van der Waals surface area contributed by atoms with Gasteiger partial charge in [0.05, 0.1) is 6.04 Å². The summed E-state index contributed by atoms with van der Waals surface area (Å²) in [6, 6.07) is 19.0. The normalized spacial score (nSPS) is 14.1. The van der Waals surface area contributed by atoms with E-state index < -0.39 is 11.8 Å². The maximum atomic E-state index is 12.6. The zero-order valence-corrected chi connectivity index (χ0v) is 19.4. The summed E-state index contributed by atoms with van der Waals surface area (Å²) in [7, 11) is 1.99. The molecule has 4 rings (SSSR count). The number of aryl methyl sites for hydroxylation is 1. The molecule has 3 amide bonds. The fourth-order valence-electron chi connectivity index (χ4n) is 4.32. The highest BCUT2D eigenvalue weighted by Crippen LogP contribution is 2.27. The van der Waals surface area contributed by atoms with Gasteiger partial charge in [0, 0.05) is 56.9 Å². The Morgan fingerprint density at radius 1 is 0.882 bits per heavy atom. The number of anilines is 2. The van der Waals surface area contributed by atoms with Crippen molar-refractivity contribution in [2.45, 2.75) is 25.9 Å². The van der Waals surface area contributed by atoms with Gasteiger partial charge in [0.25, 0.3) is 0 Å². The molecule has 0 radical (unpaired) electrons. The fourth-order valence-corrected chi connectivity index (χ4v) is 4.32. The molecule has 2 heterocycles. The van der Waals surface area contributed by atoms with Crippen LogP contribution in [0.2, 0.25) is 0 Å². The average Bonchev–Trinajstić information content (AvgIpc) is 3.25. The number of nitrogens with one attached hydrogen (secondary N) is 3. The van der Waals surface area contributed by atoms with Crippen molar-refractivity contribution in [2.75, 3.05) is 23.7 Å². The van der Waals surface area contributed by atoms with Crippen molar-refractivity contribution in [3.8, 4) is 0 Å². The number of rotatable bonds is 6. The predicted molar refractivity (Wildman–Crippen MR) is 131 cm³/mol. The van der Waals surface area contributed by atoms with Gasteiger partial charge in [-0.2, -0.15) is 0 Å². The van der Waals surface area contributed by atoms with E-state index >= 15 is 0 Å². The highest BCUT2D eigenvalue weighted by Gasteiger charge is 2.27. The summed E-state index contributed by atoms with van der Waals surface area (Å²) in [4.78, 5) is 38.5. The van der Waals surface area contributed by atoms with Gasteiger partial charge < -0.3 is 20.5 Å². The van der Waals surface area contributed by atoms with Gasteiger partial charge in [0.2, 0.25) is 5.91 Å². The van der Waals surface area contributed by atoms with Crippen molar-refractivity contribution in [1.29, 1.82) is 0 Å². The minimum Gasteiger partial charge on any atom is -0.353 e. The third kappa shape index (κ3) is 5.52. The summed E-state index contributed by atoms with van der Waals surface area (Å²) in [6.07, 6.45) is 2.93. The van der Waals surface area contributed by atoms with E-state index in [4.69, 9.17) is 0 Å². The molecular weight excluding hydrogens is 430 g/mol. The van der Waals surface area contributed by atoms with Crippen LogP contribution in [0.5, 0.6) is 0 Å². The highest BCUT2D eigenvalue weighted by molar-refractivity contribution is 6.39. The molecule has 1 aromatic heterocycles. The molecule has 1 unspecified atom stereocenters. The second-order valence-electron chi connectivity index (χ2n) is 8.47. The summed E-state index contributed by atoms with van der Waals surface area (Å²) in [5, 5.41) is 8.07. The molecule has 8 nitrogen and oxygen atoms in total. The van der Waals surface area contributed by atoms with Gasteiger partial charge in [0.1, 0.15) is 0 Å². The largest absolute Gasteiger partial charge is 0.353 e. The van der Waals surface area contributed by atoms with Gasteiger partial charge in [-0.3, -0.25) is 19.3 Å². The lowest BCUT2D eigenvalue weighted by Gasteiger charge is -2.36. The molecule has 1 aliphatic rings. The van der Waals surface area contributed by atoms with Crippen LogP contribution in [0.3, 0.4) is 0 Å². The smallest absolute Gasteiger partial charge is 0.313 e. The van der Waals surface area contributed by atoms with Gasteiger partial charge >= 0.3 is 11.8 Å². The number of fused-ring (bicyclic) bond motifs is 1. The molecule has 0 spiro atoms.